The second-order valence-electron chi connectivity index (χ2n) is 7.52. The molecule has 32 heavy (non-hydrogen) atoms. The first-order valence-corrected chi connectivity index (χ1v) is 10.5. The SMILES string of the molecule is CC(C)Oc1ccc(NC(=O)N2CCN(c3ncnc(N)c3C(=N)OCCN)CC2)cc1. The maximum Gasteiger partial charge on any atom is 0.321 e. The van der Waals surface area contributed by atoms with Crippen LogP contribution in [0.4, 0.5) is 22.1 Å². The highest BCUT2D eigenvalue weighted by Crippen LogP contribution is 2.24. The molecule has 1 saturated heterocycles. The van der Waals surface area contributed by atoms with Crippen molar-refractivity contribution in [3.05, 3.63) is 36.2 Å². The number of hydrogen-bond donors (Lipinski definition) is 4. The molecule has 0 atom stereocenters. The molecule has 2 heterocycles. The van der Waals surface area contributed by atoms with Crippen molar-refractivity contribution in [1.29, 1.82) is 5.41 Å². The van der Waals surface area contributed by atoms with Gasteiger partial charge in [-0.25, -0.2) is 14.8 Å². The van der Waals surface area contributed by atoms with Gasteiger partial charge >= 0.3 is 6.03 Å². The van der Waals surface area contributed by atoms with Crippen LogP contribution in [0.2, 0.25) is 0 Å². The number of benzene rings is 1. The van der Waals surface area contributed by atoms with Gasteiger partial charge in [-0.3, -0.25) is 5.41 Å². The molecule has 0 bridgehead atoms. The first-order chi connectivity index (χ1) is 15.4. The van der Waals surface area contributed by atoms with E-state index in [9.17, 15) is 4.79 Å². The van der Waals surface area contributed by atoms with E-state index in [1.54, 1.807) is 4.90 Å². The predicted octanol–water partition coefficient (Wildman–Crippen LogP) is 1.50. The lowest BCUT2D eigenvalue weighted by molar-refractivity contribution is 0.208. The Labute approximate surface area is 187 Å². The van der Waals surface area contributed by atoms with E-state index in [-0.39, 0.29) is 37.0 Å². The lowest BCUT2D eigenvalue weighted by Crippen LogP contribution is -2.50. The van der Waals surface area contributed by atoms with Crippen molar-refractivity contribution >= 4 is 29.3 Å². The van der Waals surface area contributed by atoms with Crippen LogP contribution in [0.1, 0.15) is 19.4 Å². The van der Waals surface area contributed by atoms with Crippen LogP contribution in [0.15, 0.2) is 30.6 Å². The Morgan fingerprint density at radius 1 is 1.19 bits per heavy atom. The fourth-order valence-corrected chi connectivity index (χ4v) is 3.29. The molecule has 172 valence electrons. The number of piperazine rings is 1. The minimum Gasteiger partial charge on any atom is -0.491 e. The number of anilines is 3. The van der Waals surface area contributed by atoms with Gasteiger partial charge in [-0.15, -0.1) is 0 Å². The summed E-state index contributed by atoms with van der Waals surface area (Å²) < 4.78 is 11.0. The van der Waals surface area contributed by atoms with Gasteiger partial charge in [0.1, 0.15) is 35.9 Å². The third kappa shape index (κ3) is 5.76. The van der Waals surface area contributed by atoms with Gasteiger partial charge in [-0.2, -0.15) is 0 Å². The quantitative estimate of drug-likeness (QED) is 0.371. The van der Waals surface area contributed by atoms with Crippen LogP contribution in [-0.2, 0) is 4.74 Å². The molecule has 1 fully saturated rings. The Kier molecular flexibility index (Phi) is 7.66. The van der Waals surface area contributed by atoms with Gasteiger partial charge in [0.2, 0.25) is 5.90 Å². The second-order valence-corrected chi connectivity index (χ2v) is 7.52. The minimum atomic E-state index is -0.177. The van der Waals surface area contributed by atoms with E-state index in [0.717, 1.165) is 5.75 Å². The van der Waals surface area contributed by atoms with Crippen LogP contribution >= 0.6 is 0 Å². The molecule has 1 aliphatic heterocycles. The Hall–Kier alpha value is -3.60. The number of ether oxygens (including phenoxy) is 2. The van der Waals surface area contributed by atoms with Gasteiger partial charge in [0, 0.05) is 38.4 Å². The summed E-state index contributed by atoms with van der Waals surface area (Å²) in [5.74, 6) is 1.32. The summed E-state index contributed by atoms with van der Waals surface area (Å²) in [5, 5.41) is 11.1. The molecule has 0 aliphatic carbocycles. The molecule has 11 heteroatoms. The lowest BCUT2D eigenvalue weighted by atomic mass is 10.2. The summed E-state index contributed by atoms with van der Waals surface area (Å²) in [7, 11) is 0. The second kappa shape index (κ2) is 10.6. The van der Waals surface area contributed by atoms with E-state index in [4.69, 9.17) is 26.4 Å². The fraction of sp³-hybridized carbons (Fsp3) is 0.429. The van der Waals surface area contributed by atoms with Gasteiger partial charge in [0.25, 0.3) is 0 Å². The summed E-state index contributed by atoms with van der Waals surface area (Å²) in [6.07, 6.45) is 1.45. The number of carbonyl (C=O) groups excluding carboxylic acids is 1. The van der Waals surface area contributed by atoms with E-state index in [0.29, 0.717) is 43.2 Å². The number of hydrogen-bond acceptors (Lipinski definition) is 9. The number of aromatic nitrogens is 2. The highest BCUT2D eigenvalue weighted by atomic mass is 16.5. The molecule has 11 nitrogen and oxygen atoms in total. The zero-order valence-electron chi connectivity index (χ0n) is 18.4. The molecular weight excluding hydrogens is 412 g/mol. The number of nitrogen functional groups attached to an aromatic ring is 1. The molecule has 1 aliphatic rings. The smallest absolute Gasteiger partial charge is 0.321 e. The monoisotopic (exact) mass is 442 g/mol. The number of rotatable bonds is 7. The van der Waals surface area contributed by atoms with Crippen LogP contribution in [0.25, 0.3) is 0 Å². The standard InChI is InChI=1S/C21H30N8O3/c1-14(2)32-16-5-3-15(4-6-16)27-21(30)29-10-8-28(9-11-29)20-17(18(23)25-13-26-20)19(24)31-12-7-22/h3-6,13-14,24H,7-12,22H2,1-2H3,(H,27,30)(H2,23,25,26). The summed E-state index contributed by atoms with van der Waals surface area (Å²) in [4.78, 5) is 24.7. The zero-order valence-corrected chi connectivity index (χ0v) is 18.4. The molecule has 3 rings (SSSR count). The van der Waals surface area contributed by atoms with Gasteiger partial charge in [-0.05, 0) is 38.1 Å². The molecule has 2 aromatic rings. The molecule has 0 saturated carbocycles. The molecule has 0 spiro atoms. The van der Waals surface area contributed by atoms with Gasteiger partial charge in [-0.1, -0.05) is 0 Å². The van der Waals surface area contributed by atoms with Crippen LogP contribution in [-0.4, -0.2) is 72.2 Å². The molecular formula is C21H30N8O3. The zero-order chi connectivity index (χ0) is 23.1. The van der Waals surface area contributed by atoms with Gasteiger partial charge < -0.3 is 36.1 Å². The van der Waals surface area contributed by atoms with Crippen LogP contribution in [0.3, 0.4) is 0 Å². The predicted molar refractivity (Wildman–Crippen MR) is 123 cm³/mol. The highest BCUT2D eigenvalue weighted by molar-refractivity contribution is 6.01. The summed E-state index contributed by atoms with van der Waals surface area (Å²) in [6.45, 7) is 6.44. The first-order valence-electron chi connectivity index (χ1n) is 10.5. The van der Waals surface area contributed by atoms with Crippen molar-refractivity contribution in [2.45, 2.75) is 20.0 Å². The maximum absolute atomic E-state index is 12.7. The van der Waals surface area contributed by atoms with Crippen molar-refractivity contribution in [3.8, 4) is 5.75 Å². The van der Waals surface area contributed by atoms with E-state index in [1.807, 2.05) is 43.0 Å². The number of urea groups is 1. The maximum atomic E-state index is 12.7. The number of nitrogens with one attached hydrogen (secondary N) is 2. The number of nitrogens with two attached hydrogens (primary N) is 2. The van der Waals surface area contributed by atoms with E-state index in [1.165, 1.54) is 6.33 Å². The fourth-order valence-electron chi connectivity index (χ4n) is 3.29. The Morgan fingerprint density at radius 2 is 1.88 bits per heavy atom. The molecule has 6 N–H and O–H groups in total. The third-order valence-corrected chi connectivity index (χ3v) is 4.79. The molecule has 1 aromatic carbocycles. The Bertz CT molecular complexity index is 927. The van der Waals surface area contributed by atoms with Crippen LogP contribution in [0.5, 0.6) is 5.75 Å². The molecule has 0 unspecified atom stereocenters. The summed E-state index contributed by atoms with van der Waals surface area (Å²) in [6, 6.07) is 7.11. The minimum absolute atomic E-state index is 0.0912. The normalized spacial score (nSPS) is 13.8. The topological polar surface area (TPSA) is 156 Å². The van der Waals surface area contributed by atoms with E-state index >= 15 is 0 Å². The molecule has 1 aromatic heterocycles. The Balaban J connectivity index is 1.60. The third-order valence-electron chi connectivity index (χ3n) is 4.79. The lowest BCUT2D eigenvalue weighted by Gasteiger charge is -2.36. The van der Waals surface area contributed by atoms with Crippen molar-refractivity contribution < 1.29 is 14.3 Å². The van der Waals surface area contributed by atoms with Crippen molar-refractivity contribution in [3.63, 3.8) is 0 Å². The average Bonchev–Trinajstić information content (AvgIpc) is 2.78. The van der Waals surface area contributed by atoms with Crippen molar-refractivity contribution in [2.75, 3.05) is 55.3 Å². The first kappa shape index (κ1) is 23.1. The molecule has 2 amide bonds. The number of amides is 2. The van der Waals surface area contributed by atoms with Crippen molar-refractivity contribution in [1.82, 2.24) is 14.9 Å². The molecule has 0 radical (unpaired) electrons. The van der Waals surface area contributed by atoms with E-state index in [2.05, 4.69) is 15.3 Å². The summed E-state index contributed by atoms with van der Waals surface area (Å²) in [5.41, 5.74) is 12.5. The van der Waals surface area contributed by atoms with Gasteiger partial charge in [0.05, 0.1) is 6.10 Å². The van der Waals surface area contributed by atoms with Gasteiger partial charge in [0.15, 0.2) is 0 Å². The van der Waals surface area contributed by atoms with Crippen molar-refractivity contribution in [2.24, 2.45) is 5.73 Å². The Morgan fingerprint density at radius 3 is 2.50 bits per heavy atom. The number of nitrogens with zero attached hydrogens (tertiary/aromatic N) is 4. The number of carbonyl (C=O) groups is 1. The van der Waals surface area contributed by atoms with Crippen LogP contribution in [0, 0.1) is 5.41 Å². The summed E-state index contributed by atoms with van der Waals surface area (Å²) >= 11 is 0. The van der Waals surface area contributed by atoms with E-state index < -0.39 is 0 Å². The van der Waals surface area contributed by atoms with Crippen LogP contribution < -0.4 is 26.4 Å². The average molecular weight is 443 g/mol. The highest BCUT2D eigenvalue weighted by Gasteiger charge is 2.26. The largest absolute Gasteiger partial charge is 0.491 e.